The van der Waals surface area contributed by atoms with E-state index < -0.39 is 0 Å². The van der Waals surface area contributed by atoms with Gasteiger partial charge in [0.1, 0.15) is 11.3 Å². The van der Waals surface area contributed by atoms with E-state index in [1.165, 1.54) is 29.4 Å². The smallest absolute Gasteiger partial charge is 0.134 e. The molecule has 0 bridgehead atoms. The summed E-state index contributed by atoms with van der Waals surface area (Å²) in [5, 5.41) is 4.57. The lowest BCUT2D eigenvalue weighted by Gasteiger charge is -2.23. The van der Waals surface area contributed by atoms with Gasteiger partial charge in [-0.25, -0.2) is 0 Å². The maximum absolute atomic E-state index is 6.08. The van der Waals surface area contributed by atoms with Crippen molar-refractivity contribution in [3.63, 3.8) is 0 Å². The topological polar surface area (TPSA) is 25.2 Å². The Morgan fingerprint density at radius 2 is 2.05 bits per heavy atom. The van der Waals surface area contributed by atoms with Gasteiger partial charge in [-0.3, -0.25) is 0 Å². The van der Waals surface area contributed by atoms with Crippen molar-refractivity contribution < 1.29 is 4.42 Å². The van der Waals surface area contributed by atoms with Crippen molar-refractivity contribution in [2.75, 3.05) is 7.05 Å². The molecule has 2 heteroatoms. The molecule has 0 saturated heterocycles. The second-order valence-electron chi connectivity index (χ2n) is 6.69. The first-order valence-electron chi connectivity index (χ1n) is 7.77. The van der Waals surface area contributed by atoms with Gasteiger partial charge in [-0.1, -0.05) is 26.8 Å². The highest BCUT2D eigenvalue weighted by atomic mass is 16.3. The van der Waals surface area contributed by atoms with Crippen LogP contribution in [0.4, 0.5) is 0 Å². The van der Waals surface area contributed by atoms with E-state index in [0.29, 0.717) is 0 Å². The lowest BCUT2D eigenvalue weighted by Crippen LogP contribution is -2.15. The summed E-state index contributed by atoms with van der Waals surface area (Å²) < 4.78 is 6.08. The quantitative estimate of drug-likeness (QED) is 0.851. The molecule has 20 heavy (non-hydrogen) atoms. The molecule has 1 saturated carbocycles. The van der Waals surface area contributed by atoms with E-state index in [0.717, 1.165) is 30.2 Å². The first kappa shape index (κ1) is 13.7. The standard InChI is InChI=1S/C18H25NO/c1-5-18(2,3)13-8-9-15-14(10-13)17(12-6-7-12)16(20-15)11-19-4/h8-10,12,19H,5-7,11H2,1-4H3. The first-order chi connectivity index (χ1) is 9.56. The highest BCUT2D eigenvalue weighted by Crippen LogP contribution is 2.46. The van der Waals surface area contributed by atoms with Gasteiger partial charge in [0.25, 0.3) is 0 Å². The average Bonchev–Trinajstić information content (AvgIpc) is 3.20. The van der Waals surface area contributed by atoms with Crippen molar-refractivity contribution in [2.24, 2.45) is 0 Å². The summed E-state index contributed by atoms with van der Waals surface area (Å²) in [5.41, 5.74) is 4.16. The molecule has 3 rings (SSSR count). The Balaban J connectivity index is 2.14. The van der Waals surface area contributed by atoms with E-state index in [-0.39, 0.29) is 5.41 Å². The summed E-state index contributed by atoms with van der Waals surface area (Å²) in [6, 6.07) is 6.76. The van der Waals surface area contributed by atoms with Gasteiger partial charge in [-0.15, -0.1) is 0 Å². The summed E-state index contributed by atoms with van der Waals surface area (Å²) in [5.74, 6) is 1.86. The van der Waals surface area contributed by atoms with Gasteiger partial charge in [0.15, 0.2) is 0 Å². The molecule has 108 valence electrons. The fourth-order valence-corrected chi connectivity index (χ4v) is 2.90. The van der Waals surface area contributed by atoms with Crippen LogP contribution < -0.4 is 5.32 Å². The monoisotopic (exact) mass is 271 g/mol. The van der Waals surface area contributed by atoms with E-state index in [4.69, 9.17) is 4.42 Å². The molecule has 1 heterocycles. The Morgan fingerprint density at radius 1 is 1.30 bits per heavy atom. The summed E-state index contributed by atoms with van der Waals surface area (Å²) in [6.45, 7) is 7.72. The van der Waals surface area contributed by atoms with Gasteiger partial charge in [0, 0.05) is 10.9 Å². The van der Waals surface area contributed by atoms with Crippen LogP contribution in [0.25, 0.3) is 11.0 Å². The van der Waals surface area contributed by atoms with Gasteiger partial charge in [0.05, 0.1) is 6.54 Å². The molecular formula is C18H25NO. The number of benzene rings is 1. The molecule has 1 aliphatic rings. The van der Waals surface area contributed by atoms with Crippen molar-refractivity contribution in [2.45, 2.75) is 57.9 Å². The van der Waals surface area contributed by atoms with Crippen LogP contribution >= 0.6 is 0 Å². The van der Waals surface area contributed by atoms with Crippen molar-refractivity contribution in [1.82, 2.24) is 5.32 Å². The summed E-state index contributed by atoms with van der Waals surface area (Å²) in [6.07, 6.45) is 3.78. The van der Waals surface area contributed by atoms with Gasteiger partial charge in [0.2, 0.25) is 0 Å². The average molecular weight is 271 g/mol. The number of rotatable bonds is 5. The number of hydrogen-bond donors (Lipinski definition) is 1. The van der Waals surface area contributed by atoms with E-state index >= 15 is 0 Å². The van der Waals surface area contributed by atoms with Crippen molar-refractivity contribution in [3.8, 4) is 0 Å². The minimum absolute atomic E-state index is 0.232. The van der Waals surface area contributed by atoms with E-state index in [1.807, 2.05) is 7.05 Å². The third-order valence-corrected chi connectivity index (χ3v) is 4.79. The molecule has 2 aromatic rings. The van der Waals surface area contributed by atoms with Crippen LogP contribution in [0.3, 0.4) is 0 Å². The molecule has 2 nitrogen and oxygen atoms in total. The molecule has 1 N–H and O–H groups in total. The highest BCUT2D eigenvalue weighted by molar-refractivity contribution is 5.84. The third-order valence-electron chi connectivity index (χ3n) is 4.79. The zero-order chi connectivity index (χ0) is 14.3. The fraction of sp³-hybridized carbons (Fsp3) is 0.556. The molecule has 1 fully saturated rings. The molecule has 0 atom stereocenters. The highest BCUT2D eigenvalue weighted by Gasteiger charge is 2.31. The minimum Gasteiger partial charge on any atom is -0.459 e. The number of hydrogen-bond acceptors (Lipinski definition) is 2. The molecule has 0 spiro atoms. The minimum atomic E-state index is 0.232. The van der Waals surface area contributed by atoms with Crippen molar-refractivity contribution in [1.29, 1.82) is 0 Å². The zero-order valence-corrected chi connectivity index (χ0v) is 13.0. The second-order valence-corrected chi connectivity index (χ2v) is 6.69. The van der Waals surface area contributed by atoms with E-state index in [2.05, 4.69) is 44.3 Å². The lowest BCUT2D eigenvalue weighted by atomic mass is 9.81. The Morgan fingerprint density at radius 3 is 2.65 bits per heavy atom. The van der Waals surface area contributed by atoms with E-state index in [1.54, 1.807) is 0 Å². The third kappa shape index (κ3) is 2.26. The van der Waals surface area contributed by atoms with Crippen LogP contribution in [0.1, 0.15) is 62.8 Å². The lowest BCUT2D eigenvalue weighted by molar-refractivity contribution is 0.506. The summed E-state index contributed by atoms with van der Waals surface area (Å²) in [4.78, 5) is 0. The molecule has 1 aliphatic carbocycles. The van der Waals surface area contributed by atoms with E-state index in [9.17, 15) is 0 Å². The van der Waals surface area contributed by atoms with Crippen LogP contribution in [0.5, 0.6) is 0 Å². The Kier molecular flexibility index (Phi) is 3.37. The number of nitrogens with one attached hydrogen (secondary N) is 1. The van der Waals surface area contributed by atoms with Gasteiger partial charge < -0.3 is 9.73 Å². The number of fused-ring (bicyclic) bond motifs is 1. The fourth-order valence-electron chi connectivity index (χ4n) is 2.90. The van der Waals surface area contributed by atoms with Gasteiger partial charge in [-0.2, -0.15) is 0 Å². The van der Waals surface area contributed by atoms with Crippen LogP contribution in [-0.2, 0) is 12.0 Å². The van der Waals surface area contributed by atoms with Gasteiger partial charge in [-0.05, 0) is 55.3 Å². The maximum atomic E-state index is 6.08. The Labute approximate surface area is 121 Å². The van der Waals surface area contributed by atoms with Crippen LogP contribution in [0, 0.1) is 0 Å². The van der Waals surface area contributed by atoms with Crippen molar-refractivity contribution in [3.05, 3.63) is 35.1 Å². The van der Waals surface area contributed by atoms with Crippen molar-refractivity contribution >= 4 is 11.0 Å². The largest absolute Gasteiger partial charge is 0.459 e. The predicted octanol–water partition coefficient (Wildman–Crippen LogP) is 4.72. The van der Waals surface area contributed by atoms with Crippen LogP contribution in [0.2, 0.25) is 0 Å². The predicted molar refractivity (Wildman–Crippen MR) is 84.3 cm³/mol. The second kappa shape index (κ2) is 4.92. The SMILES string of the molecule is CCC(C)(C)c1ccc2oc(CNC)c(C3CC3)c2c1. The molecule has 0 amide bonds. The summed E-state index contributed by atoms with van der Waals surface area (Å²) >= 11 is 0. The Hall–Kier alpha value is -1.28. The Bertz CT molecular complexity index is 620. The maximum Gasteiger partial charge on any atom is 0.134 e. The molecule has 0 radical (unpaired) electrons. The van der Waals surface area contributed by atoms with Crippen LogP contribution in [-0.4, -0.2) is 7.05 Å². The number of furan rings is 1. The van der Waals surface area contributed by atoms with Crippen LogP contribution in [0.15, 0.2) is 22.6 Å². The molecular weight excluding hydrogens is 246 g/mol. The first-order valence-corrected chi connectivity index (χ1v) is 7.77. The molecule has 0 aliphatic heterocycles. The van der Waals surface area contributed by atoms with Gasteiger partial charge >= 0.3 is 0 Å². The molecule has 1 aromatic carbocycles. The molecule has 0 unspecified atom stereocenters. The normalized spacial score (nSPS) is 16.0. The summed E-state index contributed by atoms with van der Waals surface area (Å²) in [7, 11) is 1.98. The zero-order valence-electron chi connectivity index (χ0n) is 13.0. The molecule has 1 aromatic heterocycles.